The van der Waals surface area contributed by atoms with Gasteiger partial charge in [0.25, 0.3) is 0 Å². The maximum Gasteiger partial charge on any atom is 0.309 e. The lowest BCUT2D eigenvalue weighted by atomic mass is 10.1. The highest BCUT2D eigenvalue weighted by atomic mass is 16.7. The molecule has 7 nitrogen and oxygen atoms in total. The highest BCUT2D eigenvalue weighted by Gasteiger charge is 2.12. The topological polar surface area (TPSA) is 75.6 Å². The molecule has 31 heavy (non-hydrogen) atoms. The standard InChI is InChI=1S/C24H29NO6/c1-18(25-31-19(2)23(27-3)13-14-24(26)28-4)21-11-8-12-22(15-21)30-17-29-16-20-9-6-5-7-10-20/h5-13,15,19H,14,16-17H2,1-4H3. The molecule has 2 rings (SSSR count). The van der Waals surface area contributed by atoms with E-state index in [0.717, 1.165) is 11.1 Å². The van der Waals surface area contributed by atoms with E-state index in [-0.39, 0.29) is 19.2 Å². The van der Waals surface area contributed by atoms with Crippen LogP contribution in [0.3, 0.4) is 0 Å². The van der Waals surface area contributed by atoms with Crippen LogP contribution in [-0.2, 0) is 30.4 Å². The second kappa shape index (κ2) is 13.1. The van der Waals surface area contributed by atoms with Gasteiger partial charge in [0.05, 0.1) is 33.0 Å². The zero-order valence-electron chi connectivity index (χ0n) is 18.4. The fourth-order valence-electron chi connectivity index (χ4n) is 2.60. The summed E-state index contributed by atoms with van der Waals surface area (Å²) in [6, 6.07) is 17.4. The first-order valence-electron chi connectivity index (χ1n) is 9.89. The smallest absolute Gasteiger partial charge is 0.309 e. The first-order chi connectivity index (χ1) is 15.0. The highest BCUT2D eigenvalue weighted by molar-refractivity contribution is 5.98. The monoisotopic (exact) mass is 427 g/mol. The van der Waals surface area contributed by atoms with E-state index >= 15 is 0 Å². The van der Waals surface area contributed by atoms with Crippen LogP contribution in [0.2, 0.25) is 0 Å². The number of hydrogen-bond acceptors (Lipinski definition) is 7. The lowest BCUT2D eigenvalue weighted by molar-refractivity contribution is -0.139. The van der Waals surface area contributed by atoms with Crippen molar-refractivity contribution in [2.45, 2.75) is 33.0 Å². The van der Waals surface area contributed by atoms with Crippen LogP contribution in [0.15, 0.2) is 71.6 Å². The van der Waals surface area contributed by atoms with Crippen molar-refractivity contribution in [3.63, 3.8) is 0 Å². The molecule has 0 heterocycles. The van der Waals surface area contributed by atoms with Gasteiger partial charge in [-0.15, -0.1) is 0 Å². The summed E-state index contributed by atoms with van der Waals surface area (Å²) in [6.07, 6.45) is 1.25. The molecule has 0 amide bonds. The van der Waals surface area contributed by atoms with Gasteiger partial charge < -0.3 is 23.8 Å². The van der Waals surface area contributed by atoms with Crippen molar-refractivity contribution in [3.8, 4) is 5.75 Å². The predicted molar refractivity (Wildman–Crippen MR) is 118 cm³/mol. The number of ether oxygens (including phenoxy) is 4. The highest BCUT2D eigenvalue weighted by Crippen LogP contribution is 2.16. The van der Waals surface area contributed by atoms with Crippen LogP contribution in [0, 0.1) is 0 Å². The Hall–Kier alpha value is -3.32. The molecule has 0 spiro atoms. The molecular weight excluding hydrogens is 398 g/mol. The molecule has 7 heteroatoms. The molecule has 0 N–H and O–H groups in total. The molecule has 2 aromatic rings. The van der Waals surface area contributed by atoms with Gasteiger partial charge in [-0.25, -0.2) is 0 Å². The van der Waals surface area contributed by atoms with Crippen molar-refractivity contribution in [1.82, 2.24) is 0 Å². The molecule has 1 unspecified atom stereocenters. The molecule has 2 aromatic carbocycles. The third-order valence-electron chi connectivity index (χ3n) is 4.35. The molecule has 0 aliphatic rings. The van der Waals surface area contributed by atoms with Gasteiger partial charge in [0.1, 0.15) is 11.5 Å². The van der Waals surface area contributed by atoms with Crippen molar-refractivity contribution in [1.29, 1.82) is 0 Å². The first kappa shape index (κ1) is 24.0. The third kappa shape index (κ3) is 8.52. The normalized spacial score (nSPS) is 12.8. The fourth-order valence-corrected chi connectivity index (χ4v) is 2.60. The molecule has 166 valence electrons. The molecule has 0 aromatic heterocycles. The van der Waals surface area contributed by atoms with Crippen LogP contribution in [0.4, 0.5) is 0 Å². The van der Waals surface area contributed by atoms with Gasteiger partial charge in [0, 0.05) is 5.56 Å². The van der Waals surface area contributed by atoms with Gasteiger partial charge in [-0.3, -0.25) is 4.79 Å². The quantitative estimate of drug-likeness (QED) is 0.124. The van der Waals surface area contributed by atoms with E-state index in [4.69, 9.17) is 19.0 Å². The second-order valence-corrected chi connectivity index (χ2v) is 6.64. The zero-order chi connectivity index (χ0) is 22.5. The summed E-state index contributed by atoms with van der Waals surface area (Å²) in [7, 11) is 2.85. The van der Waals surface area contributed by atoms with Crippen LogP contribution < -0.4 is 4.74 Å². The number of hydrogen-bond donors (Lipinski definition) is 0. The van der Waals surface area contributed by atoms with E-state index in [0.29, 0.717) is 23.8 Å². The average Bonchev–Trinajstić information content (AvgIpc) is 2.81. The van der Waals surface area contributed by atoms with E-state index in [1.165, 1.54) is 14.2 Å². The number of rotatable bonds is 12. The molecule has 0 fully saturated rings. The van der Waals surface area contributed by atoms with Gasteiger partial charge in [-0.2, -0.15) is 0 Å². The van der Waals surface area contributed by atoms with Crippen molar-refractivity contribution in [2.75, 3.05) is 21.0 Å². The van der Waals surface area contributed by atoms with Crippen molar-refractivity contribution < 1.29 is 28.6 Å². The summed E-state index contributed by atoms with van der Waals surface area (Å²) in [5, 5.41) is 4.18. The van der Waals surface area contributed by atoms with Crippen molar-refractivity contribution in [2.24, 2.45) is 5.16 Å². The van der Waals surface area contributed by atoms with Gasteiger partial charge in [0.2, 0.25) is 0 Å². The maximum absolute atomic E-state index is 11.3. The van der Waals surface area contributed by atoms with E-state index in [1.54, 1.807) is 13.0 Å². The first-order valence-corrected chi connectivity index (χ1v) is 9.89. The molecule has 0 saturated heterocycles. The Morgan fingerprint density at radius 1 is 1.06 bits per heavy atom. The molecule has 0 aliphatic heterocycles. The predicted octanol–water partition coefficient (Wildman–Crippen LogP) is 4.46. The SMILES string of the molecule is COC(=O)CC=C(OC)C(C)ON=C(C)c1cccc(OCOCc2ccccc2)c1. The number of oxime groups is 1. The van der Waals surface area contributed by atoms with Crippen LogP contribution in [-0.4, -0.2) is 38.8 Å². The van der Waals surface area contributed by atoms with Gasteiger partial charge in [-0.1, -0.05) is 47.6 Å². The Bertz CT molecular complexity index is 879. The number of nitrogens with zero attached hydrogens (tertiary/aromatic N) is 1. The summed E-state index contributed by atoms with van der Waals surface area (Å²) in [4.78, 5) is 16.8. The second-order valence-electron chi connectivity index (χ2n) is 6.64. The zero-order valence-corrected chi connectivity index (χ0v) is 18.4. The number of carbonyl (C=O) groups is 1. The van der Waals surface area contributed by atoms with Gasteiger partial charge in [-0.05, 0) is 37.6 Å². The number of carbonyl (C=O) groups excluding carboxylic acids is 1. The average molecular weight is 427 g/mol. The van der Waals surface area contributed by atoms with Crippen LogP contribution in [0.25, 0.3) is 0 Å². The van der Waals surface area contributed by atoms with Gasteiger partial charge >= 0.3 is 5.97 Å². The van der Waals surface area contributed by atoms with E-state index < -0.39 is 6.10 Å². The molecule has 0 bridgehead atoms. The fraction of sp³-hybridized carbons (Fsp3) is 0.333. The Kier molecular flexibility index (Phi) is 10.1. The molecule has 0 radical (unpaired) electrons. The molecule has 0 saturated carbocycles. The Balaban J connectivity index is 1.88. The Labute approximate surface area is 183 Å². The number of esters is 1. The Morgan fingerprint density at radius 2 is 1.84 bits per heavy atom. The summed E-state index contributed by atoms with van der Waals surface area (Å²) in [5.41, 5.74) is 2.61. The maximum atomic E-state index is 11.3. The summed E-state index contributed by atoms with van der Waals surface area (Å²) < 4.78 is 21.1. The summed E-state index contributed by atoms with van der Waals surface area (Å²) in [6.45, 7) is 4.25. The summed E-state index contributed by atoms with van der Waals surface area (Å²) in [5.74, 6) is 0.810. The molecule has 1 atom stereocenters. The van der Waals surface area contributed by atoms with E-state index in [9.17, 15) is 4.79 Å². The summed E-state index contributed by atoms with van der Waals surface area (Å²) >= 11 is 0. The Morgan fingerprint density at radius 3 is 2.55 bits per heavy atom. The van der Waals surface area contributed by atoms with Crippen LogP contribution >= 0.6 is 0 Å². The van der Waals surface area contributed by atoms with E-state index in [1.807, 2.05) is 61.5 Å². The molecule has 0 aliphatic carbocycles. The lowest BCUT2D eigenvalue weighted by Crippen LogP contribution is -2.12. The van der Waals surface area contributed by atoms with Crippen molar-refractivity contribution in [3.05, 3.63) is 77.6 Å². The van der Waals surface area contributed by atoms with Gasteiger partial charge in [0.15, 0.2) is 12.9 Å². The molecular formula is C24H29NO6. The number of benzene rings is 2. The van der Waals surface area contributed by atoms with E-state index in [2.05, 4.69) is 9.89 Å². The minimum Gasteiger partial charge on any atom is -0.497 e. The van der Waals surface area contributed by atoms with Crippen LogP contribution in [0.1, 0.15) is 31.4 Å². The van der Waals surface area contributed by atoms with Crippen LogP contribution in [0.5, 0.6) is 5.75 Å². The third-order valence-corrected chi connectivity index (χ3v) is 4.35. The number of methoxy groups -OCH3 is 2. The minimum atomic E-state index is -0.463. The largest absolute Gasteiger partial charge is 0.497 e. The van der Waals surface area contributed by atoms with Crippen molar-refractivity contribution >= 4 is 11.7 Å². The minimum absolute atomic E-state index is 0.0990. The lowest BCUT2D eigenvalue weighted by Gasteiger charge is -2.14.